The minimum atomic E-state index is -0.230. The molecule has 0 unspecified atom stereocenters. The molecule has 0 aliphatic rings. The number of hydrogen-bond donors (Lipinski definition) is 1. The van der Waals surface area contributed by atoms with Gasteiger partial charge in [-0.25, -0.2) is 0 Å². The summed E-state index contributed by atoms with van der Waals surface area (Å²) >= 11 is 2.90. The van der Waals surface area contributed by atoms with E-state index >= 15 is 0 Å². The molecule has 0 saturated carbocycles. The quantitative estimate of drug-likeness (QED) is 0.648. The first-order chi connectivity index (χ1) is 12.0. The molecule has 0 bridgehead atoms. The van der Waals surface area contributed by atoms with Gasteiger partial charge in [0.1, 0.15) is 5.01 Å². The monoisotopic (exact) mass is 371 g/mol. The van der Waals surface area contributed by atoms with Crippen LogP contribution in [-0.2, 0) is 4.79 Å². The minimum Gasteiger partial charge on any atom is -0.301 e. The van der Waals surface area contributed by atoms with E-state index in [-0.39, 0.29) is 24.5 Å². The zero-order chi connectivity index (χ0) is 17.8. The third-order valence-corrected chi connectivity index (χ3v) is 5.28. The number of Topliss-reactive ketones (excluding diaryl/α,β-unsaturated/α-hetero) is 1. The Balaban J connectivity index is 1.56. The summed E-state index contributed by atoms with van der Waals surface area (Å²) in [4.78, 5) is 24.4. The van der Waals surface area contributed by atoms with Crippen molar-refractivity contribution in [2.24, 2.45) is 0 Å². The third-order valence-electron chi connectivity index (χ3n) is 3.71. The summed E-state index contributed by atoms with van der Waals surface area (Å²) < 4.78 is 0. The van der Waals surface area contributed by atoms with E-state index in [2.05, 4.69) is 15.5 Å². The molecule has 0 aliphatic carbocycles. The van der Waals surface area contributed by atoms with Gasteiger partial charge in [0.05, 0.1) is 0 Å². The van der Waals surface area contributed by atoms with E-state index in [1.807, 2.05) is 48.9 Å². The molecule has 2 heterocycles. The van der Waals surface area contributed by atoms with Crippen LogP contribution in [0.1, 0.15) is 34.3 Å². The summed E-state index contributed by atoms with van der Waals surface area (Å²) in [6, 6.07) is 7.72. The zero-order valence-electron chi connectivity index (χ0n) is 13.9. The van der Waals surface area contributed by atoms with Crippen molar-refractivity contribution in [2.45, 2.75) is 26.7 Å². The number of anilines is 1. The Morgan fingerprint density at radius 3 is 2.72 bits per heavy atom. The highest BCUT2D eigenvalue weighted by molar-refractivity contribution is 7.19. The molecule has 0 radical (unpaired) electrons. The van der Waals surface area contributed by atoms with Crippen molar-refractivity contribution in [2.75, 3.05) is 5.32 Å². The fourth-order valence-electron chi connectivity index (χ4n) is 2.36. The molecule has 3 aromatic rings. The molecule has 1 aromatic carbocycles. The minimum absolute atomic E-state index is 0.0208. The van der Waals surface area contributed by atoms with Crippen LogP contribution < -0.4 is 5.32 Å². The number of nitrogens with zero attached hydrogens (tertiary/aromatic N) is 2. The van der Waals surface area contributed by atoms with E-state index < -0.39 is 0 Å². The normalized spacial score (nSPS) is 10.6. The van der Waals surface area contributed by atoms with E-state index in [1.165, 1.54) is 11.3 Å². The fraction of sp³-hybridized carbons (Fsp3) is 0.222. The molecule has 5 nitrogen and oxygen atoms in total. The van der Waals surface area contributed by atoms with Crippen molar-refractivity contribution < 1.29 is 9.59 Å². The lowest BCUT2D eigenvalue weighted by Crippen LogP contribution is -2.13. The van der Waals surface area contributed by atoms with Crippen molar-refractivity contribution in [3.8, 4) is 10.6 Å². The average Bonchev–Trinajstić information content (AvgIpc) is 3.26. The van der Waals surface area contributed by atoms with Crippen molar-refractivity contribution in [3.05, 3.63) is 51.7 Å². The number of benzene rings is 1. The average molecular weight is 371 g/mol. The van der Waals surface area contributed by atoms with Gasteiger partial charge in [-0.1, -0.05) is 29.0 Å². The Hall–Kier alpha value is -2.38. The second kappa shape index (κ2) is 7.67. The van der Waals surface area contributed by atoms with Gasteiger partial charge in [-0.05, 0) is 36.9 Å². The number of amides is 1. The molecule has 0 aliphatic heterocycles. The van der Waals surface area contributed by atoms with Crippen LogP contribution in [0, 0.1) is 13.8 Å². The zero-order valence-corrected chi connectivity index (χ0v) is 15.5. The summed E-state index contributed by atoms with van der Waals surface area (Å²) in [6.07, 6.45) is 0.298. The topological polar surface area (TPSA) is 72.0 Å². The van der Waals surface area contributed by atoms with E-state index in [0.29, 0.717) is 10.7 Å². The first kappa shape index (κ1) is 17.4. The molecule has 0 atom stereocenters. The first-order valence-electron chi connectivity index (χ1n) is 7.79. The second-order valence-electron chi connectivity index (χ2n) is 5.71. The highest BCUT2D eigenvalue weighted by atomic mass is 32.1. The number of rotatable bonds is 6. The lowest BCUT2D eigenvalue weighted by molar-refractivity contribution is -0.116. The summed E-state index contributed by atoms with van der Waals surface area (Å²) in [5.41, 5.74) is 3.64. The Kier molecular flexibility index (Phi) is 5.35. The summed E-state index contributed by atoms with van der Waals surface area (Å²) in [5.74, 6) is -0.251. The third kappa shape index (κ3) is 4.37. The number of hydrogen-bond acceptors (Lipinski definition) is 6. The molecule has 1 N–H and O–H groups in total. The molecule has 7 heteroatoms. The van der Waals surface area contributed by atoms with Crippen LogP contribution in [-0.4, -0.2) is 21.9 Å². The molecule has 3 rings (SSSR count). The van der Waals surface area contributed by atoms with Crippen molar-refractivity contribution >= 4 is 39.5 Å². The molecular formula is C18H17N3O2S2. The number of aromatic nitrogens is 2. The van der Waals surface area contributed by atoms with Gasteiger partial charge >= 0.3 is 0 Å². The van der Waals surface area contributed by atoms with E-state index in [4.69, 9.17) is 0 Å². The molecule has 0 fully saturated rings. The lowest BCUT2D eigenvalue weighted by Gasteiger charge is -2.06. The van der Waals surface area contributed by atoms with E-state index in [1.54, 1.807) is 11.3 Å². The number of thiophene rings is 1. The Bertz CT molecular complexity index is 901. The number of aryl methyl sites for hydroxylation is 2. The molecule has 128 valence electrons. The fourth-order valence-corrected chi connectivity index (χ4v) is 3.83. The van der Waals surface area contributed by atoms with Crippen LogP contribution in [0.15, 0.2) is 35.0 Å². The van der Waals surface area contributed by atoms with Crippen LogP contribution in [0.4, 0.5) is 5.13 Å². The molecule has 1 amide bonds. The standard InChI is InChI=1S/C18H17N3O2S2/c1-11-3-4-12(2)14(9-11)15(22)5-6-16(23)19-18-21-20-17(25-18)13-7-8-24-10-13/h3-4,7-10H,5-6H2,1-2H3,(H,19,21,23). The summed E-state index contributed by atoms with van der Waals surface area (Å²) in [5, 5.41) is 15.9. The first-order valence-corrected chi connectivity index (χ1v) is 9.55. The maximum atomic E-state index is 12.3. The van der Waals surface area contributed by atoms with Gasteiger partial charge in [0, 0.05) is 29.3 Å². The predicted molar refractivity (Wildman–Crippen MR) is 101 cm³/mol. The molecule has 2 aromatic heterocycles. The maximum Gasteiger partial charge on any atom is 0.226 e. The van der Waals surface area contributed by atoms with Crippen LogP contribution in [0.3, 0.4) is 0 Å². The maximum absolute atomic E-state index is 12.3. The van der Waals surface area contributed by atoms with Crippen LogP contribution in [0.2, 0.25) is 0 Å². The largest absolute Gasteiger partial charge is 0.301 e. The second-order valence-corrected chi connectivity index (χ2v) is 7.47. The van der Waals surface area contributed by atoms with Gasteiger partial charge < -0.3 is 5.32 Å². The Morgan fingerprint density at radius 1 is 1.12 bits per heavy atom. The van der Waals surface area contributed by atoms with Gasteiger partial charge in [0.15, 0.2) is 5.78 Å². The predicted octanol–water partition coefficient (Wildman–Crippen LogP) is 4.49. The van der Waals surface area contributed by atoms with Crippen LogP contribution in [0.25, 0.3) is 10.6 Å². The smallest absolute Gasteiger partial charge is 0.226 e. The molecule has 25 heavy (non-hydrogen) atoms. The lowest BCUT2D eigenvalue weighted by atomic mass is 9.99. The summed E-state index contributed by atoms with van der Waals surface area (Å²) in [7, 11) is 0. The Morgan fingerprint density at radius 2 is 1.96 bits per heavy atom. The van der Waals surface area contributed by atoms with Gasteiger partial charge in [0.2, 0.25) is 11.0 Å². The van der Waals surface area contributed by atoms with Gasteiger partial charge in [-0.15, -0.1) is 10.2 Å². The molecule has 0 saturated heterocycles. The van der Waals surface area contributed by atoms with Crippen molar-refractivity contribution in [1.29, 1.82) is 0 Å². The van der Waals surface area contributed by atoms with E-state index in [0.717, 1.165) is 21.7 Å². The SMILES string of the molecule is Cc1ccc(C)c(C(=O)CCC(=O)Nc2nnc(-c3ccsc3)s2)c1. The molecular weight excluding hydrogens is 354 g/mol. The van der Waals surface area contributed by atoms with Gasteiger partial charge in [0.25, 0.3) is 0 Å². The summed E-state index contributed by atoms with van der Waals surface area (Å²) in [6.45, 7) is 3.85. The van der Waals surface area contributed by atoms with E-state index in [9.17, 15) is 9.59 Å². The van der Waals surface area contributed by atoms with Crippen LogP contribution in [0.5, 0.6) is 0 Å². The van der Waals surface area contributed by atoms with Crippen molar-refractivity contribution in [1.82, 2.24) is 10.2 Å². The highest BCUT2D eigenvalue weighted by Crippen LogP contribution is 2.27. The van der Waals surface area contributed by atoms with Crippen LogP contribution >= 0.6 is 22.7 Å². The highest BCUT2D eigenvalue weighted by Gasteiger charge is 2.14. The van der Waals surface area contributed by atoms with Gasteiger partial charge in [-0.3, -0.25) is 9.59 Å². The Labute approximate surface area is 153 Å². The molecule has 0 spiro atoms. The number of nitrogens with one attached hydrogen (secondary N) is 1. The van der Waals surface area contributed by atoms with Crippen molar-refractivity contribution in [3.63, 3.8) is 0 Å². The number of ketones is 1. The number of carbonyl (C=O) groups is 2. The number of carbonyl (C=O) groups excluding carboxylic acids is 2. The van der Waals surface area contributed by atoms with Gasteiger partial charge in [-0.2, -0.15) is 11.3 Å².